The molecule has 1 fully saturated rings. The zero-order chi connectivity index (χ0) is 18.9. The number of hydrogen-bond donors (Lipinski definition) is 3. The molecule has 1 aliphatic heterocycles. The summed E-state index contributed by atoms with van der Waals surface area (Å²) in [5, 5.41) is 13.5. The summed E-state index contributed by atoms with van der Waals surface area (Å²) in [6.45, 7) is 9.81. The summed E-state index contributed by atoms with van der Waals surface area (Å²) in [6.07, 6.45) is 2.83. The van der Waals surface area contributed by atoms with Crippen LogP contribution in [0, 0.1) is 13.8 Å². The van der Waals surface area contributed by atoms with Gasteiger partial charge in [0.05, 0.1) is 12.2 Å². The average Bonchev–Trinajstić information content (AvgIpc) is 2.95. The highest BCUT2D eigenvalue weighted by atomic mass is 127. The van der Waals surface area contributed by atoms with Gasteiger partial charge in [-0.1, -0.05) is 5.16 Å². The number of likely N-dealkylation sites (tertiary alicyclic amines) is 1. The molecule has 154 valence electrons. The first-order valence-corrected chi connectivity index (χ1v) is 9.43. The molecule has 1 amide bonds. The maximum absolute atomic E-state index is 11.5. The molecule has 8 nitrogen and oxygen atoms in total. The largest absolute Gasteiger partial charge is 0.361 e. The maximum atomic E-state index is 11.5. The molecule has 1 aliphatic rings. The minimum Gasteiger partial charge on any atom is -0.361 e. The monoisotopic (exact) mass is 492 g/mol. The summed E-state index contributed by atoms with van der Waals surface area (Å²) in [4.78, 5) is 18.4. The maximum Gasteiger partial charge on any atom is 0.233 e. The number of nitrogens with one attached hydrogen (secondary N) is 3. The van der Waals surface area contributed by atoms with E-state index >= 15 is 0 Å². The number of piperidine rings is 1. The van der Waals surface area contributed by atoms with Crippen molar-refractivity contribution in [3.8, 4) is 0 Å². The molecule has 0 saturated carbocycles. The van der Waals surface area contributed by atoms with E-state index in [0.717, 1.165) is 61.9 Å². The second kappa shape index (κ2) is 12.2. The minimum absolute atomic E-state index is 0. The fourth-order valence-electron chi connectivity index (χ4n) is 3.17. The van der Waals surface area contributed by atoms with Gasteiger partial charge in [0.15, 0.2) is 5.96 Å². The van der Waals surface area contributed by atoms with Gasteiger partial charge in [0.1, 0.15) is 5.76 Å². The van der Waals surface area contributed by atoms with Gasteiger partial charge in [-0.3, -0.25) is 14.7 Å². The van der Waals surface area contributed by atoms with Crippen molar-refractivity contribution in [3.05, 3.63) is 17.0 Å². The van der Waals surface area contributed by atoms with Gasteiger partial charge in [-0.15, -0.1) is 24.0 Å². The van der Waals surface area contributed by atoms with Gasteiger partial charge in [-0.05, 0) is 40.0 Å². The van der Waals surface area contributed by atoms with Crippen molar-refractivity contribution >= 4 is 35.8 Å². The first-order chi connectivity index (χ1) is 12.5. The minimum atomic E-state index is 0. The van der Waals surface area contributed by atoms with Crippen LogP contribution in [0.4, 0.5) is 0 Å². The lowest BCUT2D eigenvalue weighted by Crippen LogP contribution is -2.50. The van der Waals surface area contributed by atoms with Crippen molar-refractivity contribution in [1.29, 1.82) is 0 Å². The number of aliphatic imine (C=N–C) groups is 1. The summed E-state index contributed by atoms with van der Waals surface area (Å²) in [6, 6.07) is 0.382. The third kappa shape index (κ3) is 7.65. The number of rotatable bonds is 7. The Balaban J connectivity index is 0.00000364. The molecular weight excluding hydrogens is 459 g/mol. The van der Waals surface area contributed by atoms with E-state index in [-0.39, 0.29) is 29.9 Å². The topological polar surface area (TPSA) is 94.8 Å². The Morgan fingerprint density at radius 2 is 2.04 bits per heavy atom. The summed E-state index contributed by atoms with van der Waals surface area (Å²) in [5.41, 5.74) is 2.09. The molecule has 0 aliphatic carbocycles. The summed E-state index contributed by atoms with van der Waals surface area (Å²) >= 11 is 0. The molecule has 0 atom stereocenters. The number of likely N-dealkylation sites (N-methyl/N-ethyl adjacent to an activating group) is 1. The van der Waals surface area contributed by atoms with Crippen LogP contribution in [-0.4, -0.2) is 67.7 Å². The normalized spacial score (nSPS) is 15.9. The average molecular weight is 492 g/mol. The van der Waals surface area contributed by atoms with Crippen molar-refractivity contribution in [2.75, 3.05) is 39.8 Å². The summed E-state index contributed by atoms with van der Waals surface area (Å²) in [5.74, 6) is 1.80. The van der Waals surface area contributed by atoms with Gasteiger partial charge >= 0.3 is 0 Å². The van der Waals surface area contributed by atoms with Gasteiger partial charge < -0.3 is 20.5 Å². The molecule has 1 aromatic heterocycles. The number of halogens is 1. The lowest BCUT2D eigenvalue weighted by molar-refractivity contribution is -0.122. The van der Waals surface area contributed by atoms with Crippen LogP contribution >= 0.6 is 24.0 Å². The van der Waals surface area contributed by atoms with Gasteiger partial charge in [0.2, 0.25) is 5.91 Å². The van der Waals surface area contributed by atoms with Crippen molar-refractivity contribution in [2.24, 2.45) is 4.99 Å². The van der Waals surface area contributed by atoms with Crippen LogP contribution in [0.1, 0.15) is 36.8 Å². The highest BCUT2D eigenvalue weighted by Crippen LogP contribution is 2.13. The molecule has 1 aromatic rings. The van der Waals surface area contributed by atoms with E-state index in [1.165, 1.54) is 0 Å². The number of carbonyl (C=O) groups is 1. The highest BCUT2D eigenvalue weighted by molar-refractivity contribution is 14.0. The quantitative estimate of drug-likeness (QED) is 0.301. The van der Waals surface area contributed by atoms with Crippen LogP contribution in [0.2, 0.25) is 0 Å². The number of aromatic nitrogens is 1. The van der Waals surface area contributed by atoms with E-state index in [0.29, 0.717) is 19.1 Å². The fourth-order valence-corrected chi connectivity index (χ4v) is 3.17. The molecular formula is C18H33IN6O2. The third-order valence-electron chi connectivity index (χ3n) is 4.73. The molecule has 0 bridgehead atoms. The van der Waals surface area contributed by atoms with Crippen molar-refractivity contribution < 1.29 is 9.32 Å². The van der Waals surface area contributed by atoms with Crippen LogP contribution in [-0.2, 0) is 11.2 Å². The molecule has 0 aromatic carbocycles. The molecule has 9 heteroatoms. The molecule has 2 rings (SSSR count). The molecule has 0 spiro atoms. The lowest BCUT2D eigenvalue weighted by Gasteiger charge is -2.32. The number of carbonyl (C=O) groups excluding carboxylic acids is 1. The molecule has 27 heavy (non-hydrogen) atoms. The second-order valence-electron chi connectivity index (χ2n) is 6.68. The van der Waals surface area contributed by atoms with Crippen LogP contribution in [0.5, 0.6) is 0 Å². The van der Waals surface area contributed by atoms with Crippen LogP contribution in [0.15, 0.2) is 9.52 Å². The van der Waals surface area contributed by atoms with Crippen molar-refractivity contribution in [2.45, 2.75) is 46.1 Å². The summed E-state index contributed by atoms with van der Waals surface area (Å²) < 4.78 is 5.20. The van der Waals surface area contributed by atoms with Gasteiger partial charge in [0.25, 0.3) is 0 Å². The zero-order valence-electron chi connectivity index (χ0n) is 16.8. The number of guanidine groups is 1. The first-order valence-electron chi connectivity index (χ1n) is 9.43. The van der Waals surface area contributed by atoms with Crippen LogP contribution in [0.25, 0.3) is 0 Å². The van der Waals surface area contributed by atoms with Gasteiger partial charge in [-0.2, -0.15) is 0 Å². The molecule has 1 saturated heterocycles. The first kappa shape index (κ1) is 23.7. The Labute approximate surface area is 178 Å². The Morgan fingerprint density at radius 1 is 1.33 bits per heavy atom. The SMILES string of the molecule is CCNC(=NCCc1c(C)noc1C)NC1CCN(CC(=O)NC)CC1.I. The number of hydrogen-bond acceptors (Lipinski definition) is 5. The Hall–Kier alpha value is -1.36. The summed E-state index contributed by atoms with van der Waals surface area (Å²) in [7, 11) is 1.68. The number of amides is 1. The molecule has 3 N–H and O–H groups in total. The number of aryl methyl sites for hydroxylation is 2. The van der Waals surface area contributed by atoms with Crippen LogP contribution < -0.4 is 16.0 Å². The Kier molecular flexibility index (Phi) is 10.7. The fraction of sp³-hybridized carbons (Fsp3) is 0.722. The van der Waals surface area contributed by atoms with Gasteiger partial charge in [0, 0.05) is 44.8 Å². The highest BCUT2D eigenvalue weighted by Gasteiger charge is 2.21. The number of nitrogens with zero attached hydrogens (tertiary/aromatic N) is 3. The zero-order valence-corrected chi connectivity index (χ0v) is 19.1. The van der Waals surface area contributed by atoms with Crippen LogP contribution in [0.3, 0.4) is 0 Å². The third-order valence-corrected chi connectivity index (χ3v) is 4.73. The van der Waals surface area contributed by atoms with Crippen molar-refractivity contribution in [3.63, 3.8) is 0 Å². The predicted octanol–water partition coefficient (Wildman–Crippen LogP) is 1.22. The van der Waals surface area contributed by atoms with Crippen molar-refractivity contribution in [1.82, 2.24) is 26.0 Å². The van der Waals surface area contributed by atoms with E-state index in [1.807, 2.05) is 13.8 Å². The van der Waals surface area contributed by atoms with E-state index in [2.05, 4.69) is 32.9 Å². The molecule has 0 radical (unpaired) electrons. The molecule has 2 heterocycles. The standard InChI is InChI=1S/C18H32N6O2.HI/c1-5-20-18(21-9-6-16-13(2)23-26-14(16)3)22-15-7-10-24(11-8-15)12-17(25)19-4;/h15H,5-12H2,1-4H3,(H,19,25)(H2,20,21,22);1H. The van der Waals surface area contributed by atoms with Gasteiger partial charge in [-0.25, -0.2) is 0 Å². The lowest BCUT2D eigenvalue weighted by atomic mass is 10.1. The Bertz CT molecular complexity index is 591. The van der Waals surface area contributed by atoms with E-state index < -0.39 is 0 Å². The van der Waals surface area contributed by atoms with E-state index in [9.17, 15) is 4.79 Å². The molecule has 0 unspecified atom stereocenters. The smallest absolute Gasteiger partial charge is 0.233 e. The predicted molar refractivity (Wildman–Crippen MR) is 118 cm³/mol. The van der Waals surface area contributed by atoms with E-state index in [1.54, 1.807) is 7.05 Å². The van der Waals surface area contributed by atoms with E-state index in [4.69, 9.17) is 9.52 Å². The second-order valence-corrected chi connectivity index (χ2v) is 6.68. The Morgan fingerprint density at radius 3 is 2.59 bits per heavy atom.